The number of carbonyl (C=O) groups excluding carboxylic acids is 1. The lowest BCUT2D eigenvalue weighted by Crippen LogP contribution is -2.16. The third-order valence-electron chi connectivity index (χ3n) is 2.44. The monoisotopic (exact) mass is 272 g/mol. The maximum absolute atomic E-state index is 11.3. The van der Waals surface area contributed by atoms with Crippen molar-refractivity contribution in [2.24, 2.45) is 0 Å². The zero-order chi connectivity index (χ0) is 13.6. The first kappa shape index (κ1) is 14.5. The molecule has 0 radical (unpaired) electrons. The summed E-state index contributed by atoms with van der Waals surface area (Å²) in [7, 11) is -1.63. The highest BCUT2D eigenvalue weighted by Crippen LogP contribution is 2.29. The summed E-state index contributed by atoms with van der Waals surface area (Å²) in [6.07, 6.45) is 0.645. The van der Waals surface area contributed by atoms with Crippen molar-refractivity contribution in [1.29, 1.82) is 0 Å². The lowest BCUT2D eigenvalue weighted by atomic mass is 10.2. The summed E-state index contributed by atoms with van der Waals surface area (Å²) in [6.45, 7) is 1.58. The van der Waals surface area contributed by atoms with E-state index >= 15 is 0 Å². The number of benzene rings is 1. The van der Waals surface area contributed by atoms with Crippen molar-refractivity contribution in [3.63, 3.8) is 0 Å². The Hall–Kier alpha value is -1.56. The highest BCUT2D eigenvalue weighted by molar-refractivity contribution is 7.91. The lowest BCUT2D eigenvalue weighted by molar-refractivity contribution is 0.111. The van der Waals surface area contributed by atoms with Crippen LogP contribution in [-0.2, 0) is 9.84 Å². The van der Waals surface area contributed by atoms with E-state index in [4.69, 9.17) is 9.47 Å². The van der Waals surface area contributed by atoms with Crippen molar-refractivity contribution in [3.05, 3.63) is 23.8 Å². The highest BCUT2D eigenvalue weighted by atomic mass is 32.2. The van der Waals surface area contributed by atoms with Gasteiger partial charge in [-0.3, -0.25) is 4.79 Å². The number of hydrogen-bond acceptors (Lipinski definition) is 5. The Morgan fingerprint density at radius 3 is 2.61 bits per heavy atom. The molecule has 1 aromatic rings. The van der Waals surface area contributed by atoms with Gasteiger partial charge in [0.25, 0.3) is 0 Å². The SMILES string of the molecule is CCS(=O)(=O)CCOc1c(C=O)cccc1OC. The van der Waals surface area contributed by atoms with Crippen LogP contribution in [0.1, 0.15) is 17.3 Å². The third kappa shape index (κ3) is 3.73. The van der Waals surface area contributed by atoms with E-state index in [-0.39, 0.29) is 23.9 Å². The third-order valence-corrected chi connectivity index (χ3v) is 4.11. The summed E-state index contributed by atoms with van der Waals surface area (Å²) in [4.78, 5) is 10.9. The molecule has 0 aliphatic rings. The zero-order valence-electron chi connectivity index (χ0n) is 10.4. The molecule has 0 aliphatic carbocycles. The predicted octanol–water partition coefficient (Wildman–Crippen LogP) is 1.32. The Labute approximate surface area is 107 Å². The van der Waals surface area contributed by atoms with E-state index in [2.05, 4.69) is 0 Å². The fourth-order valence-corrected chi connectivity index (χ4v) is 1.98. The molecule has 0 unspecified atom stereocenters. The molecule has 100 valence electrons. The average molecular weight is 272 g/mol. The number of ether oxygens (including phenoxy) is 2. The summed E-state index contributed by atoms with van der Waals surface area (Å²) in [6, 6.07) is 4.90. The Morgan fingerprint density at radius 2 is 2.06 bits per heavy atom. The van der Waals surface area contributed by atoms with Crippen molar-refractivity contribution in [2.75, 3.05) is 25.2 Å². The second-order valence-corrected chi connectivity index (χ2v) is 6.05. The van der Waals surface area contributed by atoms with Crippen LogP contribution < -0.4 is 9.47 Å². The van der Waals surface area contributed by atoms with Crippen molar-refractivity contribution in [3.8, 4) is 11.5 Å². The van der Waals surface area contributed by atoms with Gasteiger partial charge in [0.15, 0.2) is 27.6 Å². The molecule has 0 spiro atoms. The van der Waals surface area contributed by atoms with Crippen LogP contribution in [-0.4, -0.2) is 39.9 Å². The van der Waals surface area contributed by atoms with E-state index in [0.29, 0.717) is 17.6 Å². The van der Waals surface area contributed by atoms with E-state index in [0.717, 1.165) is 0 Å². The van der Waals surface area contributed by atoms with Gasteiger partial charge < -0.3 is 9.47 Å². The van der Waals surface area contributed by atoms with Crippen LogP contribution in [0.5, 0.6) is 11.5 Å². The van der Waals surface area contributed by atoms with E-state index in [9.17, 15) is 13.2 Å². The van der Waals surface area contributed by atoms with Crippen molar-refractivity contribution < 1.29 is 22.7 Å². The molecular weight excluding hydrogens is 256 g/mol. The summed E-state index contributed by atoms with van der Waals surface area (Å²) in [5.41, 5.74) is 0.336. The van der Waals surface area contributed by atoms with Crippen molar-refractivity contribution >= 4 is 16.1 Å². The Morgan fingerprint density at radius 1 is 1.33 bits per heavy atom. The van der Waals surface area contributed by atoms with Gasteiger partial charge in [-0.15, -0.1) is 0 Å². The van der Waals surface area contributed by atoms with Gasteiger partial charge in [0.2, 0.25) is 0 Å². The number of aldehydes is 1. The van der Waals surface area contributed by atoms with Gasteiger partial charge in [-0.1, -0.05) is 13.0 Å². The molecule has 0 heterocycles. The van der Waals surface area contributed by atoms with Crippen LogP contribution in [0, 0.1) is 0 Å². The molecule has 1 aromatic carbocycles. The van der Waals surface area contributed by atoms with Crippen LogP contribution in [0.2, 0.25) is 0 Å². The Balaban J connectivity index is 2.81. The molecule has 0 fully saturated rings. The molecule has 0 saturated carbocycles. The van der Waals surface area contributed by atoms with Gasteiger partial charge in [0.1, 0.15) is 6.61 Å². The van der Waals surface area contributed by atoms with Crippen LogP contribution in [0.15, 0.2) is 18.2 Å². The molecule has 0 saturated heterocycles. The van der Waals surface area contributed by atoms with Gasteiger partial charge >= 0.3 is 0 Å². The topological polar surface area (TPSA) is 69.7 Å². The number of sulfone groups is 1. The maximum atomic E-state index is 11.3. The van der Waals surface area contributed by atoms with Crippen LogP contribution in [0.3, 0.4) is 0 Å². The lowest BCUT2D eigenvalue weighted by Gasteiger charge is -2.12. The van der Waals surface area contributed by atoms with E-state index in [1.54, 1.807) is 25.1 Å². The molecule has 0 atom stereocenters. The number of methoxy groups -OCH3 is 1. The van der Waals surface area contributed by atoms with Crippen molar-refractivity contribution in [1.82, 2.24) is 0 Å². The van der Waals surface area contributed by atoms with Gasteiger partial charge in [0, 0.05) is 5.75 Å². The Bertz CT molecular complexity index is 507. The van der Waals surface area contributed by atoms with Gasteiger partial charge in [-0.25, -0.2) is 8.42 Å². The van der Waals surface area contributed by atoms with Gasteiger partial charge in [0.05, 0.1) is 18.4 Å². The van der Waals surface area contributed by atoms with Gasteiger partial charge in [-0.2, -0.15) is 0 Å². The molecule has 1 rings (SSSR count). The molecule has 18 heavy (non-hydrogen) atoms. The minimum absolute atomic E-state index is 0.00259. The standard InChI is InChI=1S/C12H16O5S/c1-3-18(14,15)8-7-17-12-10(9-13)5-4-6-11(12)16-2/h4-6,9H,3,7-8H2,1-2H3. The zero-order valence-corrected chi connectivity index (χ0v) is 11.2. The molecule has 6 heteroatoms. The minimum atomic E-state index is -3.08. The number of hydrogen-bond donors (Lipinski definition) is 0. The molecule has 0 bridgehead atoms. The maximum Gasteiger partial charge on any atom is 0.171 e. The van der Waals surface area contributed by atoms with E-state index < -0.39 is 9.84 Å². The quantitative estimate of drug-likeness (QED) is 0.700. The second kappa shape index (κ2) is 6.39. The Kier molecular flexibility index (Phi) is 5.15. The fraction of sp³-hybridized carbons (Fsp3) is 0.417. The molecule has 0 aliphatic heterocycles. The number of carbonyl (C=O) groups is 1. The second-order valence-electron chi connectivity index (χ2n) is 3.58. The van der Waals surface area contributed by atoms with Gasteiger partial charge in [-0.05, 0) is 12.1 Å². The van der Waals surface area contributed by atoms with Crippen LogP contribution >= 0.6 is 0 Å². The molecular formula is C12H16O5S. The molecule has 0 amide bonds. The van der Waals surface area contributed by atoms with Crippen molar-refractivity contribution in [2.45, 2.75) is 6.92 Å². The first-order valence-corrected chi connectivity index (χ1v) is 7.31. The average Bonchev–Trinajstić information content (AvgIpc) is 2.38. The smallest absolute Gasteiger partial charge is 0.171 e. The van der Waals surface area contributed by atoms with E-state index in [1.165, 1.54) is 7.11 Å². The number of rotatable bonds is 7. The largest absolute Gasteiger partial charge is 0.493 e. The summed E-state index contributed by atoms with van der Waals surface area (Å²) < 4.78 is 33.1. The van der Waals surface area contributed by atoms with Crippen LogP contribution in [0.4, 0.5) is 0 Å². The first-order valence-electron chi connectivity index (χ1n) is 5.49. The highest BCUT2D eigenvalue weighted by Gasteiger charge is 2.12. The summed E-state index contributed by atoms with van der Waals surface area (Å²) in [5.74, 6) is 0.678. The van der Waals surface area contributed by atoms with E-state index in [1.807, 2.05) is 0 Å². The first-order chi connectivity index (χ1) is 8.54. The summed E-state index contributed by atoms with van der Waals surface area (Å²) in [5, 5.41) is 0. The predicted molar refractivity (Wildman–Crippen MR) is 68.2 cm³/mol. The molecule has 0 N–H and O–H groups in total. The molecule has 5 nitrogen and oxygen atoms in total. The summed E-state index contributed by atoms with van der Waals surface area (Å²) >= 11 is 0. The fourth-order valence-electron chi connectivity index (χ4n) is 1.36. The molecule has 0 aromatic heterocycles. The number of para-hydroxylation sites is 1. The normalized spacial score (nSPS) is 11.0. The van der Waals surface area contributed by atoms with Crippen LogP contribution in [0.25, 0.3) is 0 Å². The minimum Gasteiger partial charge on any atom is -0.493 e.